The zero-order valence-electron chi connectivity index (χ0n) is 11.7. The quantitative estimate of drug-likeness (QED) is 0.908. The lowest BCUT2D eigenvalue weighted by atomic mass is 10.2. The van der Waals surface area contributed by atoms with Crippen LogP contribution < -0.4 is 15.0 Å². The third-order valence-electron chi connectivity index (χ3n) is 2.76. The lowest BCUT2D eigenvalue weighted by Crippen LogP contribution is -2.20. The molecule has 2 aromatic carbocycles. The van der Waals surface area contributed by atoms with Crippen molar-refractivity contribution in [1.29, 1.82) is 0 Å². The lowest BCUT2D eigenvalue weighted by Gasteiger charge is -2.14. The summed E-state index contributed by atoms with van der Waals surface area (Å²) in [5.41, 5.74) is 1.80. The average Bonchev–Trinajstić information content (AvgIpc) is 2.46. The number of para-hydroxylation sites is 1. The summed E-state index contributed by atoms with van der Waals surface area (Å²) in [7, 11) is 3.92. The molecule has 0 bridgehead atoms. The van der Waals surface area contributed by atoms with Crippen molar-refractivity contribution in [3.8, 4) is 5.75 Å². The molecule has 0 aromatic heterocycles. The van der Waals surface area contributed by atoms with Gasteiger partial charge < -0.3 is 15.0 Å². The molecule has 0 fully saturated rings. The predicted octanol–water partition coefficient (Wildman–Crippen LogP) is 2.77. The van der Waals surface area contributed by atoms with E-state index in [-0.39, 0.29) is 12.5 Å². The van der Waals surface area contributed by atoms with Crippen molar-refractivity contribution in [2.75, 3.05) is 30.9 Å². The van der Waals surface area contributed by atoms with Crippen molar-refractivity contribution in [2.45, 2.75) is 0 Å². The van der Waals surface area contributed by atoms with Crippen LogP contribution in [0.2, 0.25) is 0 Å². The number of carbonyl (C=O) groups is 1. The maximum atomic E-state index is 11.8. The van der Waals surface area contributed by atoms with E-state index in [4.69, 9.17) is 4.74 Å². The third kappa shape index (κ3) is 4.02. The molecule has 0 spiro atoms. The van der Waals surface area contributed by atoms with Gasteiger partial charge in [0.15, 0.2) is 6.61 Å². The Kier molecular flexibility index (Phi) is 4.60. The molecule has 0 unspecified atom stereocenters. The van der Waals surface area contributed by atoms with Crippen LogP contribution in [0.15, 0.2) is 54.6 Å². The summed E-state index contributed by atoms with van der Waals surface area (Å²) in [5.74, 6) is 0.509. The van der Waals surface area contributed by atoms with E-state index in [0.717, 1.165) is 11.4 Å². The molecule has 0 atom stereocenters. The minimum Gasteiger partial charge on any atom is -0.484 e. The molecule has 104 valence electrons. The summed E-state index contributed by atoms with van der Waals surface area (Å²) >= 11 is 0. The Bertz CT molecular complexity index is 568. The van der Waals surface area contributed by atoms with Crippen LogP contribution in [0, 0.1) is 0 Å². The number of nitrogens with zero attached hydrogens (tertiary/aromatic N) is 1. The monoisotopic (exact) mass is 270 g/mol. The van der Waals surface area contributed by atoms with Crippen molar-refractivity contribution in [1.82, 2.24) is 0 Å². The highest BCUT2D eigenvalue weighted by Gasteiger charge is 2.04. The minimum atomic E-state index is -0.176. The summed E-state index contributed by atoms with van der Waals surface area (Å²) in [6, 6.07) is 16.9. The largest absolute Gasteiger partial charge is 0.484 e. The second-order valence-electron chi connectivity index (χ2n) is 4.59. The number of rotatable bonds is 5. The molecule has 2 aromatic rings. The summed E-state index contributed by atoms with van der Waals surface area (Å²) in [6.45, 7) is -0.00376. The fraction of sp³-hybridized carbons (Fsp3) is 0.188. The highest BCUT2D eigenvalue weighted by atomic mass is 16.5. The summed E-state index contributed by atoms with van der Waals surface area (Å²) in [5, 5.41) is 2.82. The molecule has 0 heterocycles. The minimum absolute atomic E-state index is 0.00376. The van der Waals surface area contributed by atoms with Gasteiger partial charge in [0, 0.05) is 25.5 Å². The van der Waals surface area contributed by atoms with Crippen LogP contribution >= 0.6 is 0 Å². The number of anilines is 2. The Labute approximate surface area is 119 Å². The average molecular weight is 270 g/mol. The van der Waals surface area contributed by atoms with E-state index in [1.165, 1.54) is 0 Å². The molecular weight excluding hydrogens is 252 g/mol. The van der Waals surface area contributed by atoms with Crippen LogP contribution in [-0.4, -0.2) is 26.6 Å². The standard InChI is InChI=1S/C16H18N2O2/c1-18(2)14-8-6-7-13(11-14)17-16(19)12-20-15-9-4-3-5-10-15/h3-11H,12H2,1-2H3,(H,17,19). The Morgan fingerprint density at radius 2 is 1.85 bits per heavy atom. The number of nitrogens with one attached hydrogen (secondary N) is 1. The van der Waals surface area contributed by atoms with Gasteiger partial charge in [0.2, 0.25) is 0 Å². The van der Waals surface area contributed by atoms with Gasteiger partial charge in [-0.1, -0.05) is 24.3 Å². The number of hydrogen-bond donors (Lipinski definition) is 1. The molecule has 0 radical (unpaired) electrons. The van der Waals surface area contributed by atoms with Gasteiger partial charge >= 0.3 is 0 Å². The van der Waals surface area contributed by atoms with E-state index >= 15 is 0 Å². The van der Waals surface area contributed by atoms with Gasteiger partial charge in [0.25, 0.3) is 5.91 Å². The summed E-state index contributed by atoms with van der Waals surface area (Å²) in [4.78, 5) is 13.8. The maximum absolute atomic E-state index is 11.8. The highest BCUT2D eigenvalue weighted by molar-refractivity contribution is 5.92. The van der Waals surface area contributed by atoms with Crippen molar-refractivity contribution in [3.05, 3.63) is 54.6 Å². The lowest BCUT2D eigenvalue weighted by molar-refractivity contribution is -0.118. The number of hydrogen-bond acceptors (Lipinski definition) is 3. The van der Waals surface area contributed by atoms with E-state index < -0.39 is 0 Å². The molecule has 1 N–H and O–H groups in total. The van der Waals surface area contributed by atoms with Crippen molar-refractivity contribution < 1.29 is 9.53 Å². The summed E-state index contributed by atoms with van der Waals surface area (Å²) < 4.78 is 5.40. The van der Waals surface area contributed by atoms with Crippen LogP contribution in [0.4, 0.5) is 11.4 Å². The topological polar surface area (TPSA) is 41.6 Å². The second kappa shape index (κ2) is 6.61. The Morgan fingerprint density at radius 1 is 1.10 bits per heavy atom. The van der Waals surface area contributed by atoms with Gasteiger partial charge in [0.05, 0.1) is 0 Å². The Balaban J connectivity index is 1.90. The first-order valence-electron chi connectivity index (χ1n) is 6.40. The fourth-order valence-electron chi connectivity index (χ4n) is 1.72. The maximum Gasteiger partial charge on any atom is 0.262 e. The molecule has 0 saturated heterocycles. The fourth-order valence-corrected chi connectivity index (χ4v) is 1.72. The molecular formula is C16H18N2O2. The molecule has 1 amide bonds. The molecule has 4 heteroatoms. The number of ether oxygens (including phenoxy) is 1. The van der Waals surface area contributed by atoms with E-state index in [1.54, 1.807) is 0 Å². The molecule has 0 saturated carbocycles. The van der Waals surface area contributed by atoms with Crippen LogP contribution in [0.25, 0.3) is 0 Å². The van der Waals surface area contributed by atoms with Crippen LogP contribution in [0.3, 0.4) is 0 Å². The van der Waals surface area contributed by atoms with E-state index in [9.17, 15) is 4.79 Å². The molecule has 0 aliphatic carbocycles. The Morgan fingerprint density at radius 3 is 2.55 bits per heavy atom. The van der Waals surface area contributed by atoms with E-state index in [1.807, 2.05) is 73.6 Å². The molecule has 2 rings (SSSR count). The third-order valence-corrected chi connectivity index (χ3v) is 2.76. The SMILES string of the molecule is CN(C)c1cccc(NC(=O)COc2ccccc2)c1. The summed E-state index contributed by atoms with van der Waals surface area (Å²) in [6.07, 6.45) is 0. The molecule has 0 aliphatic rings. The second-order valence-corrected chi connectivity index (χ2v) is 4.59. The van der Waals surface area contributed by atoms with Crippen molar-refractivity contribution in [2.24, 2.45) is 0 Å². The number of amides is 1. The predicted molar refractivity (Wildman–Crippen MR) is 81.3 cm³/mol. The van der Waals surface area contributed by atoms with Crippen LogP contribution in [0.5, 0.6) is 5.75 Å². The van der Waals surface area contributed by atoms with Gasteiger partial charge in [-0.3, -0.25) is 4.79 Å². The first-order chi connectivity index (χ1) is 9.65. The van der Waals surface area contributed by atoms with Crippen LogP contribution in [-0.2, 0) is 4.79 Å². The van der Waals surface area contributed by atoms with Crippen molar-refractivity contribution >= 4 is 17.3 Å². The van der Waals surface area contributed by atoms with Crippen LogP contribution in [0.1, 0.15) is 0 Å². The number of carbonyl (C=O) groups excluding carboxylic acids is 1. The van der Waals surface area contributed by atoms with Gasteiger partial charge in [-0.25, -0.2) is 0 Å². The van der Waals surface area contributed by atoms with Gasteiger partial charge in [-0.05, 0) is 30.3 Å². The first-order valence-corrected chi connectivity index (χ1v) is 6.40. The van der Waals surface area contributed by atoms with E-state index in [0.29, 0.717) is 5.75 Å². The van der Waals surface area contributed by atoms with E-state index in [2.05, 4.69) is 5.32 Å². The normalized spacial score (nSPS) is 9.90. The zero-order chi connectivity index (χ0) is 14.4. The molecule has 0 aliphatic heterocycles. The van der Waals surface area contributed by atoms with Gasteiger partial charge in [-0.2, -0.15) is 0 Å². The Hall–Kier alpha value is -2.49. The van der Waals surface area contributed by atoms with Crippen molar-refractivity contribution in [3.63, 3.8) is 0 Å². The first kappa shape index (κ1) is 13.9. The van der Waals surface area contributed by atoms with Gasteiger partial charge in [-0.15, -0.1) is 0 Å². The van der Waals surface area contributed by atoms with Gasteiger partial charge in [0.1, 0.15) is 5.75 Å². The number of benzene rings is 2. The molecule has 20 heavy (non-hydrogen) atoms. The molecule has 4 nitrogen and oxygen atoms in total. The smallest absolute Gasteiger partial charge is 0.262 e. The zero-order valence-corrected chi connectivity index (χ0v) is 11.7. The highest BCUT2D eigenvalue weighted by Crippen LogP contribution is 2.17.